The highest BCUT2D eigenvalue weighted by molar-refractivity contribution is 7.88. The third-order valence-corrected chi connectivity index (χ3v) is 4.54. The first kappa shape index (κ1) is 16.5. The van der Waals surface area contributed by atoms with Crippen LogP contribution in [-0.4, -0.2) is 41.5 Å². The first-order valence-corrected chi connectivity index (χ1v) is 9.39. The molecule has 0 aliphatic carbocycles. The van der Waals surface area contributed by atoms with E-state index in [1.807, 2.05) is 30.3 Å². The average molecular weight is 346 g/mol. The van der Waals surface area contributed by atoms with Gasteiger partial charge in [0.05, 0.1) is 24.5 Å². The molecule has 3 rings (SSSR count). The van der Waals surface area contributed by atoms with Crippen LogP contribution < -0.4 is 4.72 Å². The van der Waals surface area contributed by atoms with E-state index in [1.54, 1.807) is 11.1 Å². The fourth-order valence-corrected chi connectivity index (χ4v) is 3.42. The Morgan fingerprint density at radius 1 is 1.25 bits per heavy atom. The van der Waals surface area contributed by atoms with E-state index in [4.69, 9.17) is 0 Å². The zero-order valence-electron chi connectivity index (χ0n) is 13.4. The summed E-state index contributed by atoms with van der Waals surface area (Å²) in [6.45, 7) is 2.28. The summed E-state index contributed by atoms with van der Waals surface area (Å²) in [6.07, 6.45) is 2.76. The Bertz CT molecular complexity index is 868. The summed E-state index contributed by atoms with van der Waals surface area (Å²) in [6, 6.07) is 8.81. The van der Waals surface area contributed by atoms with Gasteiger partial charge in [0.15, 0.2) is 5.82 Å². The highest BCUT2D eigenvalue weighted by Gasteiger charge is 2.29. The van der Waals surface area contributed by atoms with Crippen LogP contribution in [0.25, 0.3) is 11.4 Å². The summed E-state index contributed by atoms with van der Waals surface area (Å²) >= 11 is 0. The highest BCUT2D eigenvalue weighted by atomic mass is 32.2. The number of sulfonamides is 1. The first-order chi connectivity index (χ1) is 11.3. The number of fused-ring (bicyclic) bond motifs is 1. The van der Waals surface area contributed by atoms with E-state index in [2.05, 4.69) is 14.7 Å². The van der Waals surface area contributed by atoms with Crippen molar-refractivity contribution >= 4 is 15.9 Å². The lowest BCUT2D eigenvalue weighted by molar-refractivity contribution is -0.133. The van der Waals surface area contributed by atoms with E-state index < -0.39 is 16.1 Å². The van der Waals surface area contributed by atoms with Crippen molar-refractivity contribution in [2.24, 2.45) is 0 Å². The quantitative estimate of drug-likeness (QED) is 0.889. The van der Waals surface area contributed by atoms with Crippen LogP contribution in [0.3, 0.4) is 0 Å². The van der Waals surface area contributed by atoms with E-state index in [0.29, 0.717) is 18.9 Å². The molecule has 0 bridgehead atoms. The summed E-state index contributed by atoms with van der Waals surface area (Å²) in [5, 5.41) is 0. The van der Waals surface area contributed by atoms with Gasteiger partial charge in [-0.25, -0.2) is 23.1 Å². The molecule has 7 nitrogen and oxygen atoms in total. The summed E-state index contributed by atoms with van der Waals surface area (Å²) < 4.78 is 24.9. The lowest BCUT2D eigenvalue weighted by atomic mass is 10.2. The molecular formula is C16H18N4O3S. The topological polar surface area (TPSA) is 92.3 Å². The van der Waals surface area contributed by atoms with Crippen LogP contribution in [0.15, 0.2) is 36.5 Å². The average Bonchev–Trinajstić information content (AvgIpc) is 2.96. The molecule has 2 aromatic rings. The smallest absolute Gasteiger partial charge is 0.241 e. The Morgan fingerprint density at radius 2 is 1.96 bits per heavy atom. The van der Waals surface area contributed by atoms with Crippen LogP contribution >= 0.6 is 0 Å². The third kappa shape index (κ3) is 3.60. The number of carbonyl (C=O) groups excluding carboxylic acids is 1. The molecule has 1 aromatic carbocycles. The normalized spacial score (nSPS) is 15.2. The second-order valence-electron chi connectivity index (χ2n) is 5.84. The van der Waals surface area contributed by atoms with Crippen molar-refractivity contribution in [3.8, 4) is 11.4 Å². The fourth-order valence-electron chi connectivity index (χ4n) is 2.68. The maximum Gasteiger partial charge on any atom is 0.241 e. The predicted octanol–water partition coefficient (Wildman–Crippen LogP) is 0.923. The molecule has 0 unspecified atom stereocenters. The molecule has 24 heavy (non-hydrogen) atoms. The van der Waals surface area contributed by atoms with E-state index in [9.17, 15) is 13.2 Å². The van der Waals surface area contributed by atoms with Gasteiger partial charge < -0.3 is 4.90 Å². The van der Waals surface area contributed by atoms with Crippen molar-refractivity contribution < 1.29 is 13.2 Å². The van der Waals surface area contributed by atoms with Crippen molar-refractivity contribution in [1.82, 2.24) is 19.6 Å². The molecule has 1 aliphatic heterocycles. The molecule has 0 saturated heterocycles. The lowest BCUT2D eigenvalue weighted by Gasteiger charge is -2.20. The molecule has 0 radical (unpaired) electrons. The van der Waals surface area contributed by atoms with Crippen LogP contribution in [0.4, 0.5) is 0 Å². The van der Waals surface area contributed by atoms with Gasteiger partial charge in [0.2, 0.25) is 15.9 Å². The number of hydrogen-bond donors (Lipinski definition) is 1. The fraction of sp³-hybridized carbons (Fsp3) is 0.312. The van der Waals surface area contributed by atoms with Gasteiger partial charge in [-0.05, 0) is 6.92 Å². The SMILES string of the molecule is C[C@H](NS(C)(=O)=O)C(=O)N1Cc2cnc(-c3ccccc3)nc2C1. The Hall–Kier alpha value is -2.32. The summed E-state index contributed by atoms with van der Waals surface area (Å²) in [5.74, 6) is 0.339. The molecule has 1 atom stereocenters. The van der Waals surface area contributed by atoms with Gasteiger partial charge in [0, 0.05) is 23.9 Å². The van der Waals surface area contributed by atoms with Crippen molar-refractivity contribution in [2.75, 3.05) is 6.26 Å². The van der Waals surface area contributed by atoms with Crippen LogP contribution in [0.1, 0.15) is 18.2 Å². The summed E-state index contributed by atoms with van der Waals surface area (Å²) in [4.78, 5) is 22.9. The molecule has 1 amide bonds. The molecule has 0 saturated carbocycles. The minimum Gasteiger partial charge on any atom is -0.331 e. The van der Waals surface area contributed by atoms with Gasteiger partial charge in [-0.1, -0.05) is 30.3 Å². The minimum atomic E-state index is -3.43. The molecule has 8 heteroatoms. The van der Waals surface area contributed by atoms with Gasteiger partial charge in [-0.3, -0.25) is 4.79 Å². The number of rotatable bonds is 4. The maximum atomic E-state index is 12.4. The van der Waals surface area contributed by atoms with Gasteiger partial charge in [0.25, 0.3) is 0 Å². The largest absolute Gasteiger partial charge is 0.331 e. The molecule has 1 aromatic heterocycles. The molecule has 2 heterocycles. The number of carbonyl (C=O) groups is 1. The minimum absolute atomic E-state index is 0.278. The van der Waals surface area contributed by atoms with Crippen molar-refractivity contribution in [3.05, 3.63) is 47.8 Å². The van der Waals surface area contributed by atoms with Gasteiger partial charge in [0.1, 0.15) is 0 Å². The summed E-state index contributed by atoms with van der Waals surface area (Å²) in [5.41, 5.74) is 2.59. The van der Waals surface area contributed by atoms with Gasteiger partial charge in [-0.2, -0.15) is 0 Å². The molecule has 1 N–H and O–H groups in total. The van der Waals surface area contributed by atoms with Crippen LogP contribution in [-0.2, 0) is 27.9 Å². The standard InChI is InChI=1S/C16H18N4O3S/c1-11(19-24(2,22)23)16(21)20-9-13-8-17-15(18-14(13)10-20)12-6-4-3-5-7-12/h3-8,11,19H,9-10H2,1-2H3/t11-/m0/s1. The zero-order valence-corrected chi connectivity index (χ0v) is 14.2. The van der Waals surface area contributed by atoms with Crippen molar-refractivity contribution in [3.63, 3.8) is 0 Å². The second kappa shape index (κ2) is 6.29. The molecule has 1 aliphatic rings. The Labute approximate surface area is 140 Å². The number of benzene rings is 1. The number of hydrogen-bond acceptors (Lipinski definition) is 5. The monoisotopic (exact) mass is 346 g/mol. The van der Waals surface area contributed by atoms with Gasteiger partial charge in [-0.15, -0.1) is 0 Å². The van der Waals surface area contributed by atoms with Crippen LogP contribution in [0.5, 0.6) is 0 Å². The highest BCUT2D eigenvalue weighted by Crippen LogP contribution is 2.24. The number of aromatic nitrogens is 2. The zero-order chi connectivity index (χ0) is 17.3. The van der Waals surface area contributed by atoms with Crippen molar-refractivity contribution in [1.29, 1.82) is 0 Å². The number of nitrogens with one attached hydrogen (secondary N) is 1. The first-order valence-electron chi connectivity index (χ1n) is 7.50. The summed E-state index contributed by atoms with van der Waals surface area (Å²) in [7, 11) is -3.43. The molecule has 0 spiro atoms. The van der Waals surface area contributed by atoms with E-state index >= 15 is 0 Å². The van der Waals surface area contributed by atoms with E-state index in [1.165, 1.54) is 6.92 Å². The van der Waals surface area contributed by atoms with Gasteiger partial charge >= 0.3 is 0 Å². The van der Waals surface area contributed by atoms with Crippen LogP contribution in [0, 0.1) is 0 Å². The Kier molecular flexibility index (Phi) is 4.33. The van der Waals surface area contributed by atoms with E-state index in [-0.39, 0.29) is 5.91 Å². The molecule has 0 fully saturated rings. The van der Waals surface area contributed by atoms with E-state index in [0.717, 1.165) is 23.1 Å². The Morgan fingerprint density at radius 3 is 2.62 bits per heavy atom. The Balaban J connectivity index is 1.76. The van der Waals surface area contributed by atoms with Crippen molar-refractivity contribution in [2.45, 2.75) is 26.1 Å². The molecular weight excluding hydrogens is 328 g/mol. The number of amides is 1. The second-order valence-corrected chi connectivity index (χ2v) is 7.62. The lowest BCUT2D eigenvalue weighted by Crippen LogP contribution is -2.44. The van der Waals surface area contributed by atoms with Crippen LogP contribution in [0.2, 0.25) is 0 Å². The number of nitrogens with zero attached hydrogens (tertiary/aromatic N) is 3. The third-order valence-electron chi connectivity index (χ3n) is 3.76. The maximum absolute atomic E-state index is 12.4. The predicted molar refractivity (Wildman–Crippen MR) is 89.2 cm³/mol. The molecule has 126 valence electrons.